The van der Waals surface area contributed by atoms with E-state index in [1.54, 1.807) is 24.5 Å². The molecule has 3 rings (SSSR count). The van der Waals surface area contributed by atoms with E-state index in [2.05, 4.69) is 99.5 Å². The summed E-state index contributed by atoms with van der Waals surface area (Å²) in [7, 11) is -3.28. The highest BCUT2D eigenvalue weighted by Crippen LogP contribution is 2.36. The Kier molecular flexibility index (Phi) is 7.03. The fourth-order valence-electron chi connectivity index (χ4n) is 5.58. The zero-order valence-electron chi connectivity index (χ0n) is 22.3. The summed E-state index contributed by atoms with van der Waals surface area (Å²) >= 11 is 0. The van der Waals surface area contributed by atoms with E-state index in [0.29, 0.717) is 23.8 Å². The number of pyridine rings is 1. The van der Waals surface area contributed by atoms with Crippen molar-refractivity contribution in [2.45, 2.75) is 82.7 Å². The van der Waals surface area contributed by atoms with E-state index in [9.17, 15) is 9.59 Å². The molecule has 1 fully saturated rings. The number of rotatable bonds is 7. The van der Waals surface area contributed by atoms with Crippen LogP contribution in [0.3, 0.4) is 0 Å². The van der Waals surface area contributed by atoms with E-state index in [4.69, 9.17) is 0 Å². The van der Waals surface area contributed by atoms with Crippen molar-refractivity contribution >= 4 is 28.0 Å². The van der Waals surface area contributed by atoms with Crippen LogP contribution in [0.15, 0.2) is 48.8 Å². The van der Waals surface area contributed by atoms with Gasteiger partial charge in [-0.25, -0.2) is 0 Å². The number of benzene rings is 1. The van der Waals surface area contributed by atoms with Crippen molar-refractivity contribution in [3.8, 4) is 0 Å². The Morgan fingerprint density at radius 1 is 1.06 bits per heavy atom. The van der Waals surface area contributed by atoms with Gasteiger partial charge in [0.25, 0.3) is 5.91 Å². The molecule has 1 saturated heterocycles. The van der Waals surface area contributed by atoms with Crippen LogP contribution >= 0.6 is 0 Å². The highest BCUT2D eigenvalue weighted by Gasteiger charge is 2.59. The summed E-state index contributed by atoms with van der Waals surface area (Å²) in [6.07, 6.45) is 3.68. The fraction of sp³-hybridized carbons (Fsp3) is 0.519. The summed E-state index contributed by atoms with van der Waals surface area (Å²) in [6.45, 7) is 21.2. The van der Waals surface area contributed by atoms with Gasteiger partial charge >= 0.3 is 0 Å². The minimum Gasteiger partial charge on any atom is -0.341 e. The molecule has 184 valence electrons. The van der Waals surface area contributed by atoms with Crippen molar-refractivity contribution < 1.29 is 9.59 Å². The van der Waals surface area contributed by atoms with Crippen LogP contribution in [0.2, 0.25) is 39.3 Å². The van der Waals surface area contributed by atoms with Gasteiger partial charge in [0.1, 0.15) is 5.54 Å². The van der Waals surface area contributed by atoms with E-state index in [1.165, 1.54) is 5.56 Å². The van der Waals surface area contributed by atoms with Crippen molar-refractivity contribution in [1.82, 2.24) is 15.2 Å². The van der Waals surface area contributed by atoms with Crippen molar-refractivity contribution in [2.24, 2.45) is 0 Å². The van der Waals surface area contributed by atoms with Gasteiger partial charge < -0.3 is 10.2 Å². The number of amides is 2. The lowest BCUT2D eigenvalue weighted by molar-refractivity contribution is -0.152. The molecule has 1 aliphatic rings. The van der Waals surface area contributed by atoms with Crippen molar-refractivity contribution in [3.63, 3.8) is 0 Å². The zero-order chi connectivity index (χ0) is 25.5. The number of carbonyl (C=O) groups excluding carboxylic acids is 2. The zero-order valence-corrected chi connectivity index (χ0v) is 24.3. The largest absolute Gasteiger partial charge is 0.341 e. The maximum atomic E-state index is 14.0. The lowest BCUT2D eigenvalue weighted by Crippen LogP contribution is -2.81. The summed E-state index contributed by atoms with van der Waals surface area (Å²) in [6, 6.07) is 12.0. The van der Waals surface area contributed by atoms with Crippen LogP contribution in [0.25, 0.3) is 0 Å². The normalized spacial score (nSPS) is 19.2. The van der Waals surface area contributed by atoms with Crippen LogP contribution in [0.1, 0.15) is 42.3 Å². The third-order valence-electron chi connectivity index (χ3n) is 6.67. The van der Waals surface area contributed by atoms with Gasteiger partial charge in [0, 0.05) is 24.1 Å². The Bertz CT molecular complexity index is 1020. The molecule has 5 nitrogen and oxygen atoms in total. The van der Waals surface area contributed by atoms with Crippen LogP contribution in [0.4, 0.5) is 0 Å². The number of β-lactam (4-membered cyclic amide) rings is 1. The van der Waals surface area contributed by atoms with Crippen LogP contribution in [-0.4, -0.2) is 55.2 Å². The topological polar surface area (TPSA) is 62.3 Å². The number of hydrogen-bond acceptors (Lipinski definition) is 3. The Morgan fingerprint density at radius 2 is 1.65 bits per heavy atom. The molecule has 0 aliphatic carbocycles. The molecule has 0 unspecified atom stereocenters. The average Bonchev–Trinajstić information content (AvgIpc) is 2.71. The van der Waals surface area contributed by atoms with Gasteiger partial charge in [-0.1, -0.05) is 84.3 Å². The standard InChI is InChI=1S/C27H41N3O2Si2/c1-26(2,3)22-14-12-20(13-15-22)17-27(29-23(31)21-11-10-16-28-18-21)19-30(24(27)32)25(33(4,5)6)34(7,8)9/h10-16,18,25H,17,19H2,1-9H3,(H,29,31)/t27-/m1/s1. The number of nitrogens with zero attached hydrogens (tertiary/aromatic N) is 2. The maximum Gasteiger partial charge on any atom is 0.253 e. The van der Waals surface area contributed by atoms with Crippen molar-refractivity contribution in [3.05, 3.63) is 65.5 Å². The quantitative estimate of drug-likeness (QED) is 0.432. The summed E-state index contributed by atoms with van der Waals surface area (Å²) in [5, 5.41) is 3.46. The molecular formula is C27H41N3O2Si2. The van der Waals surface area contributed by atoms with Crippen molar-refractivity contribution in [2.75, 3.05) is 6.54 Å². The van der Waals surface area contributed by atoms with Gasteiger partial charge in [-0.2, -0.15) is 0 Å². The van der Waals surface area contributed by atoms with Crippen LogP contribution in [0, 0.1) is 0 Å². The lowest BCUT2D eigenvalue weighted by Gasteiger charge is -2.57. The molecule has 1 aromatic heterocycles. The van der Waals surface area contributed by atoms with Gasteiger partial charge in [-0.3, -0.25) is 14.6 Å². The van der Waals surface area contributed by atoms with Gasteiger partial charge in [-0.15, -0.1) is 0 Å². The van der Waals surface area contributed by atoms with Crippen molar-refractivity contribution in [1.29, 1.82) is 0 Å². The highest BCUT2D eigenvalue weighted by molar-refractivity contribution is 6.96. The summed E-state index contributed by atoms with van der Waals surface area (Å²) in [5.41, 5.74) is 1.93. The van der Waals surface area contributed by atoms with Gasteiger partial charge in [0.2, 0.25) is 5.91 Å². The van der Waals surface area contributed by atoms with Crippen LogP contribution < -0.4 is 5.32 Å². The highest BCUT2D eigenvalue weighted by atomic mass is 28.4. The number of likely N-dealkylation sites (tertiary alicyclic amines) is 1. The SMILES string of the molecule is CC(C)(C)c1ccc(C[C@@]2(NC(=O)c3cccnc3)CN(C([Si](C)(C)C)[Si](C)(C)C)C2=O)cc1. The molecule has 0 bridgehead atoms. The second-order valence-corrected chi connectivity index (χ2v) is 24.1. The first-order valence-corrected chi connectivity index (χ1v) is 19.3. The molecule has 2 amide bonds. The van der Waals surface area contributed by atoms with E-state index >= 15 is 0 Å². The molecule has 2 heterocycles. The van der Waals surface area contributed by atoms with E-state index in [0.717, 1.165) is 5.56 Å². The monoisotopic (exact) mass is 495 g/mol. The van der Waals surface area contributed by atoms with Gasteiger partial charge in [0.05, 0.1) is 28.3 Å². The number of hydrogen-bond donors (Lipinski definition) is 1. The third kappa shape index (κ3) is 5.52. The first-order chi connectivity index (χ1) is 15.5. The first-order valence-electron chi connectivity index (χ1n) is 12.2. The Hall–Kier alpha value is -2.26. The number of carbonyl (C=O) groups is 2. The molecule has 0 radical (unpaired) electrons. The first kappa shape index (κ1) is 26.4. The molecule has 0 saturated carbocycles. The number of nitrogens with one attached hydrogen (secondary N) is 1. The van der Waals surface area contributed by atoms with E-state index in [1.807, 2.05) is 0 Å². The van der Waals surface area contributed by atoms with E-state index in [-0.39, 0.29) is 17.2 Å². The summed E-state index contributed by atoms with van der Waals surface area (Å²) in [5.74, 6) is -0.190. The molecule has 1 N–H and O–H groups in total. The van der Waals surface area contributed by atoms with Crippen LogP contribution in [0.5, 0.6) is 0 Å². The average molecular weight is 496 g/mol. The predicted molar refractivity (Wildman–Crippen MR) is 145 cm³/mol. The Labute approximate surface area is 207 Å². The lowest BCUT2D eigenvalue weighted by atomic mass is 9.81. The Morgan fingerprint density at radius 3 is 2.09 bits per heavy atom. The second kappa shape index (κ2) is 9.08. The number of aromatic nitrogens is 1. The van der Waals surface area contributed by atoms with Gasteiger partial charge in [0.15, 0.2) is 0 Å². The molecule has 0 spiro atoms. The van der Waals surface area contributed by atoms with E-state index < -0.39 is 21.7 Å². The molecule has 2 aromatic rings. The molecule has 1 atom stereocenters. The minimum atomic E-state index is -1.64. The maximum absolute atomic E-state index is 14.0. The Balaban J connectivity index is 1.94. The molecule has 1 aliphatic heterocycles. The molecule has 7 heteroatoms. The minimum absolute atomic E-state index is 0.0551. The third-order valence-corrected chi connectivity index (χ3v) is 15.8. The van der Waals surface area contributed by atoms with Crippen LogP contribution in [-0.2, 0) is 16.6 Å². The smallest absolute Gasteiger partial charge is 0.253 e. The van der Waals surface area contributed by atoms with Gasteiger partial charge in [-0.05, 0) is 28.7 Å². The second-order valence-electron chi connectivity index (χ2n) is 13.0. The molecule has 34 heavy (non-hydrogen) atoms. The summed E-state index contributed by atoms with van der Waals surface area (Å²) in [4.78, 5) is 33.3. The predicted octanol–water partition coefficient (Wildman–Crippen LogP) is 5.06. The fourth-order valence-corrected chi connectivity index (χ4v) is 18.3. The molecule has 1 aromatic carbocycles. The summed E-state index contributed by atoms with van der Waals surface area (Å²) < 4.78 is 0. The molecular weight excluding hydrogens is 454 g/mol.